The molecule has 1 aromatic heterocycles. The molecule has 4 aromatic carbocycles. The first-order chi connectivity index (χ1) is 19.8. The van der Waals surface area contributed by atoms with Gasteiger partial charge in [-0.1, -0.05) is 42.5 Å². The molecule has 1 atom stereocenters. The van der Waals surface area contributed by atoms with Gasteiger partial charge in [-0.2, -0.15) is 5.10 Å². The number of ether oxygens (including phenoxy) is 1. The Bertz CT molecular complexity index is 1610. The summed E-state index contributed by atoms with van der Waals surface area (Å²) >= 11 is 0. The summed E-state index contributed by atoms with van der Waals surface area (Å²) in [4.78, 5) is 14.8. The highest BCUT2D eigenvalue weighted by atomic mass is 19.1. The Morgan fingerprint density at radius 1 is 0.927 bits per heavy atom. The highest BCUT2D eigenvalue weighted by Gasteiger charge is 2.34. The fourth-order valence-electron chi connectivity index (χ4n) is 4.35. The number of benzene rings is 4. The minimum atomic E-state index is -1.84. The summed E-state index contributed by atoms with van der Waals surface area (Å²) in [7, 11) is 0. The van der Waals surface area contributed by atoms with Crippen LogP contribution in [0.4, 0.5) is 14.5 Å². The zero-order chi connectivity index (χ0) is 28.8. The lowest BCUT2D eigenvalue weighted by atomic mass is 9.94. The second-order valence-corrected chi connectivity index (χ2v) is 9.49. The van der Waals surface area contributed by atoms with E-state index >= 15 is 0 Å². The van der Waals surface area contributed by atoms with Crippen LogP contribution < -0.4 is 10.1 Å². The van der Waals surface area contributed by atoms with Crippen molar-refractivity contribution in [1.82, 2.24) is 14.8 Å². The zero-order valence-corrected chi connectivity index (χ0v) is 21.7. The standard InChI is InChI=1S/C31H26F2N4O4/c32-25-9-14-28(29(33)15-25)31(40,17-37-20-34-19-36-37)18-41-27-12-7-23(8-13-27)22-3-1-21(2-4-22)16-35-26-10-5-24(6-11-26)30(38)39/h1-15,19-20,35,40H,16-18H2,(H,38,39). The second-order valence-electron chi connectivity index (χ2n) is 9.49. The van der Waals surface area contributed by atoms with Gasteiger partial charge in [0.1, 0.15) is 42.2 Å². The van der Waals surface area contributed by atoms with Crippen LogP contribution in [0.3, 0.4) is 0 Å². The topological polar surface area (TPSA) is 110 Å². The number of aromatic carboxylic acids is 1. The molecule has 0 saturated carbocycles. The number of nitrogens with zero attached hydrogens (tertiary/aromatic N) is 3. The molecule has 0 amide bonds. The zero-order valence-electron chi connectivity index (χ0n) is 21.7. The number of carboxylic acid groups (broad SMARTS) is 1. The molecule has 1 heterocycles. The number of rotatable bonds is 11. The van der Waals surface area contributed by atoms with Gasteiger partial charge in [-0.25, -0.2) is 23.2 Å². The molecule has 3 N–H and O–H groups in total. The molecular formula is C31H26F2N4O4. The molecule has 0 fully saturated rings. The van der Waals surface area contributed by atoms with E-state index in [1.807, 2.05) is 36.4 Å². The first-order valence-electron chi connectivity index (χ1n) is 12.7. The summed E-state index contributed by atoms with van der Waals surface area (Å²) < 4.78 is 35.3. The molecule has 208 valence electrons. The van der Waals surface area contributed by atoms with Gasteiger partial charge in [0, 0.05) is 23.9 Å². The fourth-order valence-corrected chi connectivity index (χ4v) is 4.35. The maximum atomic E-state index is 14.6. The van der Waals surface area contributed by atoms with Crippen molar-refractivity contribution in [1.29, 1.82) is 0 Å². The minimum absolute atomic E-state index is 0.113. The number of halogens is 2. The summed E-state index contributed by atoms with van der Waals surface area (Å²) in [6.07, 6.45) is 2.69. The first kappa shape index (κ1) is 27.5. The summed E-state index contributed by atoms with van der Waals surface area (Å²) in [6.45, 7) is 0.115. The summed E-state index contributed by atoms with van der Waals surface area (Å²) in [5.41, 5.74) is 2.09. The Hall–Kier alpha value is -5.09. The number of anilines is 1. The van der Waals surface area contributed by atoms with E-state index in [0.717, 1.165) is 34.5 Å². The Morgan fingerprint density at radius 2 is 1.61 bits per heavy atom. The molecular weight excluding hydrogens is 530 g/mol. The van der Waals surface area contributed by atoms with Crippen molar-refractivity contribution in [2.45, 2.75) is 18.7 Å². The van der Waals surface area contributed by atoms with Crippen LogP contribution >= 0.6 is 0 Å². The predicted molar refractivity (Wildman–Crippen MR) is 148 cm³/mol. The van der Waals surface area contributed by atoms with E-state index in [9.17, 15) is 18.7 Å². The lowest BCUT2D eigenvalue weighted by molar-refractivity contribution is -0.0297. The number of aliphatic hydroxyl groups is 1. The van der Waals surface area contributed by atoms with E-state index in [4.69, 9.17) is 9.84 Å². The van der Waals surface area contributed by atoms with Crippen molar-refractivity contribution in [3.05, 3.63) is 132 Å². The van der Waals surface area contributed by atoms with Crippen LogP contribution in [-0.2, 0) is 18.7 Å². The van der Waals surface area contributed by atoms with Gasteiger partial charge in [0.25, 0.3) is 0 Å². The average molecular weight is 557 g/mol. The molecule has 0 aliphatic carbocycles. The largest absolute Gasteiger partial charge is 0.490 e. The fraction of sp³-hybridized carbons (Fsp3) is 0.129. The first-order valence-corrected chi connectivity index (χ1v) is 12.7. The van der Waals surface area contributed by atoms with Crippen LogP contribution in [0.5, 0.6) is 5.75 Å². The number of carboxylic acids is 1. The number of carbonyl (C=O) groups is 1. The molecule has 0 aliphatic rings. The van der Waals surface area contributed by atoms with E-state index in [-0.39, 0.29) is 24.3 Å². The van der Waals surface area contributed by atoms with Crippen molar-refractivity contribution in [3.63, 3.8) is 0 Å². The van der Waals surface area contributed by atoms with Gasteiger partial charge in [0.15, 0.2) is 0 Å². The van der Waals surface area contributed by atoms with Gasteiger partial charge >= 0.3 is 5.97 Å². The minimum Gasteiger partial charge on any atom is -0.490 e. The van der Waals surface area contributed by atoms with Gasteiger partial charge < -0.3 is 20.3 Å². The van der Waals surface area contributed by atoms with Crippen LogP contribution in [0, 0.1) is 11.6 Å². The molecule has 5 rings (SSSR count). The van der Waals surface area contributed by atoms with Crippen LogP contribution in [0.15, 0.2) is 104 Å². The Labute approximate surface area is 234 Å². The monoisotopic (exact) mass is 556 g/mol. The second kappa shape index (κ2) is 12.0. The number of aromatic nitrogens is 3. The maximum Gasteiger partial charge on any atom is 0.335 e. The summed E-state index contributed by atoms with van der Waals surface area (Å²) in [6, 6.07) is 24.8. The number of hydrogen-bond acceptors (Lipinski definition) is 6. The molecule has 0 saturated heterocycles. The quantitative estimate of drug-likeness (QED) is 0.197. The van der Waals surface area contributed by atoms with Gasteiger partial charge in [-0.15, -0.1) is 0 Å². The van der Waals surface area contributed by atoms with E-state index in [2.05, 4.69) is 15.4 Å². The third kappa shape index (κ3) is 6.74. The van der Waals surface area contributed by atoms with Gasteiger partial charge in [-0.3, -0.25) is 0 Å². The molecule has 0 bridgehead atoms. The van der Waals surface area contributed by atoms with Crippen molar-refractivity contribution in [2.75, 3.05) is 11.9 Å². The van der Waals surface area contributed by atoms with E-state index in [1.54, 1.807) is 36.4 Å². The maximum absolute atomic E-state index is 14.6. The van der Waals surface area contributed by atoms with Gasteiger partial charge in [0.2, 0.25) is 0 Å². The summed E-state index contributed by atoms with van der Waals surface area (Å²) in [5, 5.41) is 27.7. The molecule has 0 radical (unpaired) electrons. The van der Waals surface area contributed by atoms with Crippen molar-refractivity contribution in [3.8, 4) is 16.9 Å². The highest BCUT2D eigenvalue weighted by molar-refractivity contribution is 5.88. The molecule has 8 nitrogen and oxygen atoms in total. The van der Waals surface area contributed by atoms with Crippen LogP contribution in [0.25, 0.3) is 11.1 Å². The third-order valence-corrected chi connectivity index (χ3v) is 6.57. The Balaban J connectivity index is 1.22. The SMILES string of the molecule is O=C(O)c1ccc(NCc2ccc(-c3ccc(OCC(O)(Cn4cncn4)c4ccc(F)cc4F)cc3)cc2)cc1. The smallest absolute Gasteiger partial charge is 0.335 e. The molecule has 1 unspecified atom stereocenters. The van der Waals surface area contributed by atoms with Gasteiger partial charge in [-0.05, 0) is 59.2 Å². The number of hydrogen-bond donors (Lipinski definition) is 3. The molecule has 0 aliphatic heterocycles. The molecule has 5 aromatic rings. The third-order valence-electron chi connectivity index (χ3n) is 6.57. The molecule has 41 heavy (non-hydrogen) atoms. The lowest BCUT2D eigenvalue weighted by Crippen LogP contribution is -2.39. The van der Waals surface area contributed by atoms with Crippen LogP contribution in [0.1, 0.15) is 21.5 Å². The average Bonchev–Trinajstić information content (AvgIpc) is 3.48. The van der Waals surface area contributed by atoms with E-state index in [1.165, 1.54) is 23.4 Å². The molecule has 0 spiro atoms. The number of nitrogens with one attached hydrogen (secondary N) is 1. The Morgan fingerprint density at radius 3 is 2.22 bits per heavy atom. The van der Waals surface area contributed by atoms with Crippen LogP contribution in [-0.4, -0.2) is 37.6 Å². The highest BCUT2D eigenvalue weighted by Crippen LogP contribution is 2.29. The van der Waals surface area contributed by atoms with E-state index in [0.29, 0.717) is 12.3 Å². The Kier molecular flexibility index (Phi) is 8.02. The van der Waals surface area contributed by atoms with Crippen molar-refractivity contribution < 1.29 is 28.5 Å². The summed E-state index contributed by atoms with van der Waals surface area (Å²) in [5.74, 6) is -2.14. The van der Waals surface area contributed by atoms with Crippen molar-refractivity contribution >= 4 is 11.7 Å². The molecule has 10 heteroatoms. The van der Waals surface area contributed by atoms with Gasteiger partial charge in [0.05, 0.1) is 12.1 Å². The predicted octanol–water partition coefficient (Wildman–Crippen LogP) is 5.50. The van der Waals surface area contributed by atoms with Crippen LogP contribution in [0.2, 0.25) is 0 Å². The van der Waals surface area contributed by atoms with Crippen molar-refractivity contribution in [2.24, 2.45) is 0 Å². The normalized spacial score (nSPS) is 12.5. The van der Waals surface area contributed by atoms with E-state index < -0.39 is 23.2 Å². The lowest BCUT2D eigenvalue weighted by Gasteiger charge is -2.29.